The van der Waals surface area contributed by atoms with Crippen molar-refractivity contribution in [2.75, 3.05) is 16.3 Å². The molecular weight excluding hydrogens is 572 g/mol. The molecule has 42 heavy (non-hydrogen) atoms. The molecule has 5 aromatic rings. The standard InChI is InChI=1S/C27H25F2N7O5S/c1-15-7-16(8-21(29)26(15)41-13-23-30-14-31-33-23)20-9-17(28)10-22-25(20)35(2)27(38)36(22)12-24(37)32-18-5-4-6-19(11-18)34-42(3,39)40/h4-11,14,34H,12-13H2,1-3H3,(H,32,37)(H,30,31,33). The third kappa shape index (κ3) is 6.00. The van der Waals surface area contributed by atoms with Gasteiger partial charge >= 0.3 is 5.69 Å². The Bertz CT molecular complexity index is 1960. The van der Waals surface area contributed by atoms with Gasteiger partial charge in [0.25, 0.3) is 0 Å². The summed E-state index contributed by atoms with van der Waals surface area (Å²) in [7, 11) is -2.06. The molecule has 3 aromatic carbocycles. The van der Waals surface area contributed by atoms with Gasteiger partial charge in [0.15, 0.2) is 17.4 Å². The Morgan fingerprint density at radius 2 is 1.88 bits per heavy atom. The van der Waals surface area contributed by atoms with E-state index in [2.05, 4.69) is 25.2 Å². The molecule has 0 aliphatic carbocycles. The SMILES string of the molecule is Cc1cc(-c2cc(F)cc3c2n(C)c(=O)n3CC(=O)Nc2cccc(NS(C)(=O)=O)c2)cc(F)c1OCc1nnc[nH]1. The van der Waals surface area contributed by atoms with Crippen molar-refractivity contribution in [1.82, 2.24) is 24.3 Å². The lowest BCUT2D eigenvalue weighted by Gasteiger charge is -2.13. The molecule has 5 rings (SSSR count). The van der Waals surface area contributed by atoms with Crippen LogP contribution in [0.15, 0.2) is 59.7 Å². The minimum absolute atomic E-state index is 0.0123. The van der Waals surface area contributed by atoms with Gasteiger partial charge in [0.2, 0.25) is 15.9 Å². The zero-order valence-electron chi connectivity index (χ0n) is 22.6. The predicted molar refractivity (Wildman–Crippen MR) is 152 cm³/mol. The maximum Gasteiger partial charge on any atom is 0.329 e. The van der Waals surface area contributed by atoms with Gasteiger partial charge in [0.1, 0.15) is 25.3 Å². The number of hydrogen-bond donors (Lipinski definition) is 3. The third-order valence-electron chi connectivity index (χ3n) is 6.31. The molecule has 0 atom stereocenters. The summed E-state index contributed by atoms with van der Waals surface area (Å²) in [4.78, 5) is 28.9. The van der Waals surface area contributed by atoms with Crippen molar-refractivity contribution in [2.24, 2.45) is 7.05 Å². The van der Waals surface area contributed by atoms with Crippen LogP contribution in [-0.2, 0) is 35.0 Å². The molecule has 15 heteroatoms. The molecule has 12 nitrogen and oxygen atoms in total. The number of aryl methyl sites for hydroxylation is 2. The van der Waals surface area contributed by atoms with E-state index in [1.54, 1.807) is 25.1 Å². The van der Waals surface area contributed by atoms with Crippen LogP contribution in [-0.4, -0.2) is 44.9 Å². The summed E-state index contributed by atoms with van der Waals surface area (Å²) in [6.07, 6.45) is 2.37. The Hall–Kier alpha value is -5.05. The van der Waals surface area contributed by atoms with Gasteiger partial charge in [-0.05, 0) is 60.5 Å². The number of nitrogens with zero attached hydrogens (tertiary/aromatic N) is 4. The molecular formula is C27H25F2N7O5S. The van der Waals surface area contributed by atoms with Crippen molar-refractivity contribution in [3.8, 4) is 16.9 Å². The number of H-pyrrole nitrogens is 1. The van der Waals surface area contributed by atoms with Gasteiger partial charge in [-0.25, -0.2) is 22.0 Å². The highest BCUT2D eigenvalue weighted by Crippen LogP contribution is 2.34. The number of sulfonamides is 1. The number of hydrogen-bond acceptors (Lipinski definition) is 7. The molecule has 1 amide bonds. The number of carbonyl (C=O) groups excluding carboxylic acids is 1. The van der Waals surface area contributed by atoms with Crippen LogP contribution >= 0.6 is 0 Å². The molecule has 0 saturated carbocycles. The first-order chi connectivity index (χ1) is 19.9. The number of anilines is 2. The van der Waals surface area contributed by atoms with Gasteiger partial charge in [-0.3, -0.25) is 18.7 Å². The van der Waals surface area contributed by atoms with Crippen LogP contribution in [0.25, 0.3) is 22.2 Å². The first kappa shape index (κ1) is 28.5. The molecule has 0 saturated heterocycles. The van der Waals surface area contributed by atoms with E-state index >= 15 is 4.39 Å². The molecule has 0 aliphatic rings. The molecule has 2 aromatic heterocycles. The topological polar surface area (TPSA) is 153 Å². The lowest BCUT2D eigenvalue weighted by Crippen LogP contribution is -2.28. The van der Waals surface area contributed by atoms with E-state index in [1.807, 2.05) is 0 Å². The number of amides is 1. The molecule has 3 N–H and O–H groups in total. The summed E-state index contributed by atoms with van der Waals surface area (Å²) in [6, 6.07) is 11.1. The Morgan fingerprint density at radius 3 is 2.57 bits per heavy atom. The third-order valence-corrected chi connectivity index (χ3v) is 6.92. The van der Waals surface area contributed by atoms with Crippen molar-refractivity contribution in [2.45, 2.75) is 20.1 Å². The number of ether oxygens (including phenoxy) is 1. The van der Waals surface area contributed by atoms with Gasteiger partial charge < -0.3 is 15.0 Å². The van der Waals surface area contributed by atoms with E-state index in [1.165, 1.54) is 42.2 Å². The molecule has 218 valence electrons. The van der Waals surface area contributed by atoms with Crippen molar-refractivity contribution in [3.63, 3.8) is 0 Å². The van der Waals surface area contributed by atoms with E-state index in [0.29, 0.717) is 22.5 Å². The number of halogens is 2. The monoisotopic (exact) mass is 597 g/mol. The smallest absolute Gasteiger partial charge is 0.329 e. The van der Waals surface area contributed by atoms with Gasteiger partial charge in [0, 0.05) is 18.3 Å². The molecule has 0 spiro atoms. The molecule has 0 unspecified atom stereocenters. The van der Waals surface area contributed by atoms with E-state index < -0.39 is 39.8 Å². The van der Waals surface area contributed by atoms with E-state index in [0.717, 1.165) is 16.9 Å². The van der Waals surface area contributed by atoms with Crippen LogP contribution in [0.4, 0.5) is 20.2 Å². The lowest BCUT2D eigenvalue weighted by molar-refractivity contribution is -0.116. The number of aromatic nitrogens is 5. The summed E-state index contributed by atoms with van der Waals surface area (Å²) in [5.74, 6) is -1.61. The Morgan fingerprint density at radius 1 is 1.12 bits per heavy atom. The summed E-state index contributed by atoms with van der Waals surface area (Å²) >= 11 is 0. The second-order valence-electron chi connectivity index (χ2n) is 9.58. The average molecular weight is 598 g/mol. The van der Waals surface area contributed by atoms with Gasteiger partial charge in [0.05, 0.1) is 23.0 Å². The van der Waals surface area contributed by atoms with Crippen LogP contribution in [0.5, 0.6) is 5.75 Å². The molecule has 0 aliphatic heterocycles. The zero-order valence-corrected chi connectivity index (χ0v) is 23.4. The number of imidazole rings is 1. The van der Waals surface area contributed by atoms with Crippen molar-refractivity contribution in [3.05, 3.63) is 88.4 Å². The minimum Gasteiger partial charge on any atom is -0.482 e. The largest absolute Gasteiger partial charge is 0.482 e. The second kappa shape index (κ2) is 11.1. The summed E-state index contributed by atoms with van der Waals surface area (Å²) in [5, 5.41) is 10.1. The van der Waals surface area contributed by atoms with Gasteiger partial charge in [-0.2, -0.15) is 0 Å². The highest BCUT2D eigenvalue weighted by Gasteiger charge is 2.21. The predicted octanol–water partition coefficient (Wildman–Crippen LogP) is 3.30. The maximum atomic E-state index is 15.2. The second-order valence-corrected chi connectivity index (χ2v) is 11.3. The van der Waals surface area contributed by atoms with Crippen LogP contribution < -0.4 is 20.5 Å². The average Bonchev–Trinajstić information content (AvgIpc) is 3.50. The Kier molecular flexibility index (Phi) is 7.51. The van der Waals surface area contributed by atoms with Gasteiger partial charge in [-0.15, -0.1) is 10.2 Å². The zero-order chi connectivity index (χ0) is 30.2. The Labute approximate surface area is 238 Å². The molecule has 0 fully saturated rings. The summed E-state index contributed by atoms with van der Waals surface area (Å²) in [5.41, 5.74) is 1.32. The molecule has 0 radical (unpaired) electrons. The fourth-order valence-corrected chi connectivity index (χ4v) is 5.18. The fraction of sp³-hybridized carbons (Fsp3) is 0.185. The van der Waals surface area contributed by atoms with E-state index in [9.17, 15) is 22.4 Å². The van der Waals surface area contributed by atoms with E-state index in [-0.39, 0.29) is 34.8 Å². The van der Waals surface area contributed by atoms with Crippen LogP contribution in [0.1, 0.15) is 11.4 Å². The normalized spacial score (nSPS) is 11.5. The van der Waals surface area contributed by atoms with Crippen LogP contribution in [0.3, 0.4) is 0 Å². The number of benzene rings is 3. The van der Waals surface area contributed by atoms with E-state index in [4.69, 9.17) is 4.74 Å². The summed E-state index contributed by atoms with van der Waals surface area (Å²) < 4.78 is 63.4. The summed E-state index contributed by atoms with van der Waals surface area (Å²) in [6.45, 7) is 1.12. The molecule has 0 bridgehead atoms. The number of rotatable bonds is 9. The van der Waals surface area contributed by atoms with Crippen molar-refractivity contribution >= 4 is 38.3 Å². The number of fused-ring (bicyclic) bond motifs is 1. The van der Waals surface area contributed by atoms with Crippen molar-refractivity contribution < 1.29 is 26.7 Å². The Balaban J connectivity index is 1.46. The lowest BCUT2D eigenvalue weighted by atomic mass is 10.0. The maximum absolute atomic E-state index is 15.2. The fourth-order valence-electron chi connectivity index (χ4n) is 4.63. The highest BCUT2D eigenvalue weighted by molar-refractivity contribution is 7.92. The van der Waals surface area contributed by atoms with Crippen LogP contribution in [0.2, 0.25) is 0 Å². The highest BCUT2D eigenvalue weighted by atomic mass is 32.2. The van der Waals surface area contributed by atoms with Crippen LogP contribution in [0, 0.1) is 18.6 Å². The van der Waals surface area contributed by atoms with Gasteiger partial charge in [-0.1, -0.05) is 6.07 Å². The van der Waals surface area contributed by atoms with Crippen molar-refractivity contribution in [1.29, 1.82) is 0 Å². The molecule has 2 heterocycles. The minimum atomic E-state index is -3.53. The quantitative estimate of drug-likeness (QED) is 0.236. The number of carbonyl (C=O) groups is 1. The number of nitrogens with one attached hydrogen (secondary N) is 3. The first-order valence-corrected chi connectivity index (χ1v) is 14.3. The first-order valence-electron chi connectivity index (χ1n) is 12.4. The number of aromatic amines is 1.